The molecule has 2 unspecified atom stereocenters. The molecule has 0 aromatic carbocycles. The third kappa shape index (κ3) is 2.97. The van der Waals surface area contributed by atoms with Crippen molar-refractivity contribution in [1.82, 2.24) is 0 Å². The molecule has 3 heteroatoms. The molecule has 33 heavy (non-hydrogen) atoms. The molecule has 0 aromatic rings. The Morgan fingerprint density at radius 3 is 2.24 bits per heavy atom. The predicted octanol–water partition coefficient (Wildman–Crippen LogP) is 7.64. The molecule has 0 aliphatic heterocycles. The Kier molecular flexibility index (Phi) is 5.57. The van der Waals surface area contributed by atoms with Gasteiger partial charge in [0, 0.05) is 0 Å². The minimum absolute atomic E-state index is 0.0791. The quantitative estimate of drug-likeness (QED) is 0.244. The summed E-state index contributed by atoms with van der Waals surface area (Å²) in [5.74, 6) is 3.00. The van der Waals surface area contributed by atoms with Gasteiger partial charge < -0.3 is 5.11 Å². The highest BCUT2D eigenvalue weighted by molar-refractivity contribution is 5.30. The molecule has 0 radical (unpaired) electrons. The van der Waals surface area contributed by atoms with Gasteiger partial charge in [-0.3, -0.25) is 5.26 Å². The lowest BCUT2D eigenvalue weighted by Crippen LogP contribution is -2.57. The van der Waals surface area contributed by atoms with E-state index in [2.05, 4.69) is 41.2 Å². The lowest BCUT2D eigenvalue weighted by molar-refractivity contribution is -0.270. The van der Waals surface area contributed by atoms with Crippen LogP contribution in [-0.4, -0.2) is 22.6 Å². The van der Waals surface area contributed by atoms with Gasteiger partial charge in [0.15, 0.2) is 0 Å². The minimum Gasteiger partial charge on any atom is -0.393 e. The molecule has 5 aliphatic carbocycles. The van der Waals surface area contributed by atoms with Crippen molar-refractivity contribution in [3.8, 4) is 0 Å². The maximum Gasteiger partial charge on any atom is 0.113 e. The van der Waals surface area contributed by atoms with Gasteiger partial charge in [0.25, 0.3) is 0 Å². The smallest absolute Gasteiger partial charge is 0.113 e. The largest absolute Gasteiger partial charge is 0.393 e. The Balaban J connectivity index is 1.37. The van der Waals surface area contributed by atoms with Crippen molar-refractivity contribution in [1.29, 1.82) is 0 Å². The first-order valence-corrected chi connectivity index (χ1v) is 14.0. The van der Waals surface area contributed by atoms with Gasteiger partial charge in [-0.2, -0.15) is 0 Å². The highest BCUT2D eigenvalue weighted by atomic mass is 17.1. The lowest BCUT2D eigenvalue weighted by atomic mass is 9.41. The summed E-state index contributed by atoms with van der Waals surface area (Å²) in [6.45, 7) is 18.5. The zero-order valence-corrected chi connectivity index (χ0v) is 22.3. The van der Waals surface area contributed by atoms with Gasteiger partial charge in [0.05, 0.1) is 6.10 Å². The number of aliphatic hydroxyl groups is 1. The Morgan fingerprint density at radius 1 is 0.909 bits per heavy atom. The Labute approximate surface area is 202 Å². The fourth-order valence-electron chi connectivity index (χ4n) is 11.3. The molecule has 0 aromatic heterocycles. The van der Waals surface area contributed by atoms with Crippen molar-refractivity contribution in [2.75, 3.05) is 0 Å². The van der Waals surface area contributed by atoms with Crippen LogP contribution in [0.4, 0.5) is 0 Å². The van der Waals surface area contributed by atoms with E-state index in [-0.39, 0.29) is 17.6 Å². The van der Waals surface area contributed by atoms with Gasteiger partial charge >= 0.3 is 0 Å². The van der Waals surface area contributed by atoms with Crippen LogP contribution in [0.1, 0.15) is 112 Å². The first kappa shape index (κ1) is 24.3. The average molecular weight is 459 g/mol. The standard InChI is InChI=1S/C30H50O3/c1-19(2)22(33-32)9-8-20(3)21-12-14-28(7)24-11-10-23-26(4,5)25(31)13-15-29(23)18-30(24,29)17-16-27(21,28)6/h20-25,31-32H,1,8-18H2,2-7H3/t20?,21-,22?,23+,24-,25+,27-,28+,29-,30-/m1/s1. The normalized spacial score (nSPS) is 51.5. The molecular weight excluding hydrogens is 408 g/mol. The van der Waals surface area contributed by atoms with Crippen LogP contribution < -0.4 is 0 Å². The topological polar surface area (TPSA) is 49.7 Å². The van der Waals surface area contributed by atoms with Gasteiger partial charge in [-0.15, -0.1) is 0 Å². The highest BCUT2D eigenvalue weighted by Crippen LogP contribution is 2.89. The molecule has 0 heterocycles. The summed E-state index contributed by atoms with van der Waals surface area (Å²) in [4.78, 5) is 4.72. The molecule has 0 amide bonds. The number of fused-ring (bicyclic) bond motifs is 2. The van der Waals surface area contributed by atoms with Crippen LogP contribution in [0.25, 0.3) is 0 Å². The third-order valence-electron chi connectivity index (χ3n) is 13.4. The van der Waals surface area contributed by atoms with E-state index in [4.69, 9.17) is 4.89 Å². The van der Waals surface area contributed by atoms with Crippen molar-refractivity contribution < 1.29 is 15.3 Å². The lowest BCUT2D eigenvalue weighted by Gasteiger charge is -2.63. The van der Waals surface area contributed by atoms with E-state index in [0.29, 0.717) is 33.5 Å². The zero-order valence-electron chi connectivity index (χ0n) is 22.3. The molecule has 5 saturated carbocycles. The van der Waals surface area contributed by atoms with Crippen molar-refractivity contribution >= 4 is 0 Å². The molecule has 5 rings (SSSR count). The number of rotatable bonds is 6. The van der Waals surface area contributed by atoms with Crippen LogP contribution in [-0.2, 0) is 4.89 Å². The van der Waals surface area contributed by atoms with E-state index in [1.165, 1.54) is 51.4 Å². The van der Waals surface area contributed by atoms with E-state index in [9.17, 15) is 10.4 Å². The third-order valence-corrected chi connectivity index (χ3v) is 13.4. The Morgan fingerprint density at radius 2 is 1.58 bits per heavy atom. The van der Waals surface area contributed by atoms with Crippen LogP contribution in [0.5, 0.6) is 0 Å². The zero-order chi connectivity index (χ0) is 24.0. The molecule has 5 aliphatic rings. The summed E-state index contributed by atoms with van der Waals surface area (Å²) in [5.41, 5.74) is 2.95. The van der Waals surface area contributed by atoms with E-state index in [1.807, 2.05) is 6.92 Å². The Hall–Kier alpha value is -0.380. The minimum atomic E-state index is -0.228. The van der Waals surface area contributed by atoms with E-state index < -0.39 is 0 Å². The maximum absolute atomic E-state index is 10.9. The molecule has 2 spiro atoms. The first-order valence-electron chi connectivity index (χ1n) is 14.0. The van der Waals surface area contributed by atoms with Crippen molar-refractivity contribution in [2.24, 2.45) is 50.7 Å². The summed E-state index contributed by atoms with van der Waals surface area (Å²) >= 11 is 0. The molecule has 5 fully saturated rings. The summed E-state index contributed by atoms with van der Waals surface area (Å²) in [7, 11) is 0. The number of hydrogen-bond donors (Lipinski definition) is 2. The fourth-order valence-corrected chi connectivity index (χ4v) is 11.3. The van der Waals surface area contributed by atoms with Crippen molar-refractivity contribution in [2.45, 2.75) is 124 Å². The van der Waals surface area contributed by atoms with Crippen LogP contribution in [0, 0.1) is 50.7 Å². The first-order chi connectivity index (χ1) is 15.4. The van der Waals surface area contributed by atoms with Gasteiger partial charge in [0.1, 0.15) is 6.10 Å². The molecule has 188 valence electrons. The van der Waals surface area contributed by atoms with Crippen molar-refractivity contribution in [3.63, 3.8) is 0 Å². The molecule has 2 N–H and O–H groups in total. The van der Waals surface area contributed by atoms with Gasteiger partial charge in [0.2, 0.25) is 0 Å². The summed E-state index contributed by atoms with van der Waals surface area (Å²) in [6, 6.07) is 0. The molecule has 3 nitrogen and oxygen atoms in total. The second-order valence-electron chi connectivity index (χ2n) is 14.5. The Bertz CT molecular complexity index is 804. The second-order valence-corrected chi connectivity index (χ2v) is 14.5. The highest BCUT2D eigenvalue weighted by Gasteiger charge is 2.82. The fraction of sp³-hybridized carbons (Fsp3) is 0.933. The second kappa shape index (κ2) is 7.56. The molecule has 10 atom stereocenters. The molecular formula is C30H50O3. The van der Waals surface area contributed by atoms with Crippen LogP contribution in [0.3, 0.4) is 0 Å². The van der Waals surface area contributed by atoms with Crippen molar-refractivity contribution in [3.05, 3.63) is 12.2 Å². The van der Waals surface area contributed by atoms with E-state index >= 15 is 0 Å². The predicted molar refractivity (Wildman–Crippen MR) is 134 cm³/mol. The number of hydrogen-bond acceptors (Lipinski definition) is 3. The monoisotopic (exact) mass is 458 g/mol. The van der Waals surface area contributed by atoms with Crippen LogP contribution in [0.15, 0.2) is 12.2 Å². The van der Waals surface area contributed by atoms with E-state index in [0.717, 1.165) is 36.7 Å². The average Bonchev–Trinajstić information content (AvgIpc) is 3.34. The summed E-state index contributed by atoms with van der Waals surface area (Å²) in [6.07, 6.45) is 13.6. The molecule has 0 saturated heterocycles. The number of aliphatic hydroxyl groups excluding tert-OH is 1. The SMILES string of the molecule is C=C(C)C(CCC(C)[C@H]1CC[C@@]2(C)[C@H]3CC[C@H]4C(C)(C)[C@@H](O)CC[C@@]45C[C@]35CC[C@]12C)OO. The maximum atomic E-state index is 10.9. The summed E-state index contributed by atoms with van der Waals surface area (Å²) < 4.78 is 0. The van der Waals surface area contributed by atoms with E-state index in [1.54, 1.807) is 0 Å². The van der Waals surface area contributed by atoms with Gasteiger partial charge in [-0.05, 0) is 134 Å². The van der Waals surface area contributed by atoms with Gasteiger partial charge in [-0.25, -0.2) is 4.89 Å². The molecule has 0 bridgehead atoms. The van der Waals surface area contributed by atoms with Crippen LogP contribution >= 0.6 is 0 Å². The van der Waals surface area contributed by atoms with Gasteiger partial charge in [-0.1, -0.05) is 41.2 Å². The van der Waals surface area contributed by atoms with Crippen LogP contribution in [0.2, 0.25) is 0 Å². The summed E-state index contributed by atoms with van der Waals surface area (Å²) in [5, 5.41) is 20.1.